The Morgan fingerprint density at radius 2 is 1.58 bits per heavy atom. The van der Waals surface area contributed by atoms with Crippen molar-refractivity contribution in [3.8, 4) is 5.88 Å². The van der Waals surface area contributed by atoms with Crippen LogP contribution in [-0.4, -0.2) is 11.3 Å². The lowest BCUT2D eigenvalue weighted by molar-refractivity contribution is -0.277. The van der Waals surface area contributed by atoms with Crippen molar-refractivity contribution < 1.29 is 44.3 Å². The zero-order valence-corrected chi connectivity index (χ0v) is 8.41. The van der Waals surface area contributed by atoms with Gasteiger partial charge in [0.15, 0.2) is 5.69 Å². The average Bonchev–Trinajstić information content (AvgIpc) is 2.11. The van der Waals surface area contributed by atoms with Crippen molar-refractivity contribution in [2.24, 2.45) is 0 Å². The van der Waals surface area contributed by atoms with Crippen LogP contribution in [-0.2, 0) is 6.18 Å². The van der Waals surface area contributed by atoms with Crippen LogP contribution >= 0.6 is 0 Å². The van der Waals surface area contributed by atoms with Gasteiger partial charge in [-0.2, -0.15) is 13.2 Å². The van der Waals surface area contributed by atoms with Crippen LogP contribution in [0.2, 0.25) is 0 Å². The molecule has 0 bridgehead atoms. The Hall–Kier alpha value is -1.68. The first-order valence-corrected chi connectivity index (χ1v) is 4.23. The molecule has 0 fully saturated rings. The Balaban J connectivity index is 3.42. The van der Waals surface area contributed by atoms with Crippen molar-refractivity contribution in [2.45, 2.75) is 19.0 Å². The normalized spacial score (nSPS) is 12.9. The third-order valence-corrected chi connectivity index (χ3v) is 1.69. The summed E-state index contributed by atoms with van der Waals surface area (Å²) in [5.74, 6) is -4.37. The van der Waals surface area contributed by atoms with Gasteiger partial charge in [-0.15, -0.1) is 13.2 Å². The third-order valence-electron chi connectivity index (χ3n) is 1.69. The molecule has 0 aliphatic carbocycles. The van der Waals surface area contributed by atoms with Crippen molar-refractivity contribution in [3.05, 3.63) is 23.1 Å². The van der Waals surface area contributed by atoms with Crippen LogP contribution in [0.1, 0.15) is 17.7 Å². The van der Waals surface area contributed by atoms with Gasteiger partial charge < -0.3 is 4.74 Å². The Labute approximate surface area is 98.3 Å². The Morgan fingerprint density at radius 3 is 1.95 bits per heavy atom. The first-order valence-electron chi connectivity index (χ1n) is 4.23. The molecule has 0 aromatic carbocycles. The van der Waals surface area contributed by atoms with Crippen LogP contribution in [0.15, 0.2) is 6.07 Å². The van der Waals surface area contributed by atoms with E-state index < -0.39 is 48.0 Å². The van der Waals surface area contributed by atoms with Crippen LogP contribution in [0, 0.1) is 5.82 Å². The molecule has 1 aromatic rings. The predicted molar refractivity (Wildman–Crippen MR) is 40.8 cm³/mol. The molecule has 0 saturated heterocycles. The van der Waals surface area contributed by atoms with E-state index in [1.165, 1.54) is 0 Å². The quantitative estimate of drug-likeness (QED) is 0.768. The van der Waals surface area contributed by atoms with Crippen LogP contribution in [0.25, 0.3) is 0 Å². The molecule has 0 aliphatic heterocycles. The number of rotatable bonds is 2. The summed E-state index contributed by atoms with van der Waals surface area (Å²) < 4.78 is 112. The van der Waals surface area contributed by atoms with E-state index in [-0.39, 0.29) is 0 Å². The second-order valence-corrected chi connectivity index (χ2v) is 3.05. The van der Waals surface area contributed by atoms with Crippen LogP contribution in [0.3, 0.4) is 0 Å². The molecule has 0 amide bonds. The van der Waals surface area contributed by atoms with Crippen molar-refractivity contribution in [2.75, 3.05) is 0 Å². The Morgan fingerprint density at radius 1 is 1.05 bits per heavy atom. The average molecular weight is 299 g/mol. The maximum absolute atomic E-state index is 13.0. The summed E-state index contributed by atoms with van der Waals surface area (Å²) in [4.78, 5) is 2.22. The van der Waals surface area contributed by atoms with Gasteiger partial charge in [-0.1, -0.05) is 0 Å². The summed E-state index contributed by atoms with van der Waals surface area (Å²) >= 11 is 0. The highest BCUT2D eigenvalue weighted by atomic mass is 19.4. The summed E-state index contributed by atoms with van der Waals surface area (Å²) in [6.45, 7) is 0. The summed E-state index contributed by atoms with van der Waals surface area (Å²) in [7, 11) is 0. The van der Waals surface area contributed by atoms with Gasteiger partial charge in [-0.3, -0.25) is 0 Å². The molecule has 0 saturated carbocycles. The van der Waals surface area contributed by atoms with E-state index in [0.717, 1.165) is 0 Å². The van der Waals surface area contributed by atoms with Gasteiger partial charge in [0.05, 0.1) is 0 Å². The van der Waals surface area contributed by atoms with Crippen LogP contribution in [0.4, 0.5) is 39.5 Å². The number of alkyl halides is 8. The molecule has 0 N–H and O–H groups in total. The Bertz CT molecular complexity index is 465. The SMILES string of the molecule is Fc1cc(C(F)(F)F)nc(OC(F)(F)F)c1C(F)F. The molecule has 1 aromatic heterocycles. The van der Waals surface area contributed by atoms with Crippen LogP contribution in [0.5, 0.6) is 5.88 Å². The molecule has 1 heterocycles. The molecule has 1 rings (SSSR count). The van der Waals surface area contributed by atoms with Gasteiger partial charge in [0.2, 0.25) is 5.88 Å². The van der Waals surface area contributed by atoms with Crippen molar-refractivity contribution in [3.63, 3.8) is 0 Å². The second-order valence-electron chi connectivity index (χ2n) is 3.05. The molecule has 0 radical (unpaired) electrons. The maximum atomic E-state index is 13.0. The number of hydrogen-bond acceptors (Lipinski definition) is 2. The van der Waals surface area contributed by atoms with E-state index in [1.54, 1.807) is 0 Å². The van der Waals surface area contributed by atoms with Gasteiger partial charge in [0, 0.05) is 6.07 Å². The first-order chi connectivity index (χ1) is 8.42. The van der Waals surface area contributed by atoms with Gasteiger partial charge in [0.1, 0.15) is 11.4 Å². The maximum Gasteiger partial charge on any atom is 0.574 e. The van der Waals surface area contributed by atoms with Gasteiger partial charge in [0.25, 0.3) is 6.43 Å². The fraction of sp³-hybridized carbons (Fsp3) is 0.375. The number of ether oxygens (including phenoxy) is 1. The lowest BCUT2D eigenvalue weighted by atomic mass is 10.2. The summed E-state index contributed by atoms with van der Waals surface area (Å²) in [5.41, 5.74) is -4.11. The summed E-state index contributed by atoms with van der Waals surface area (Å²) in [5, 5.41) is 0. The standard InChI is InChI=1S/C8H2F9NO/c9-2-1-3(7(12,13)14)18-6(4(2)5(10)11)19-8(15,16)17/h1,5H. The van der Waals surface area contributed by atoms with E-state index in [4.69, 9.17) is 0 Å². The van der Waals surface area contributed by atoms with E-state index in [1.807, 2.05) is 0 Å². The van der Waals surface area contributed by atoms with E-state index >= 15 is 0 Å². The van der Waals surface area contributed by atoms with Crippen LogP contribution < -0.4 is 4.74 Å². The largest absolute Gasteiger partial charge is 0.574 e. The minimum Gasteiger partial charge on any atom is -0.387 e. The molecule has 0 aliphatic rings. The highest BCUT2D eigenvalue weighted by Gasteiger charge is 2.39. The summed E-state index contributed by atoms with van der Waals surface area (Å²) in [6, 6.07) is -0.440. The number of aromatic nitrogens is 1. The van der Waals surface area contributed by atoms with Crippen molar-refractivity contribution in [1.29, 1.82) is 0 Å². The molecule has 0 atom stereocenters. The second kappa shape index (κ2) is 4.78. The van der Waals surface area contributed by atoms with Gasteiger partial charge in [-0.25, -0.2) is 18.2 Å². The van der Waals surface area contributed by atoms with Gasteiger partial charge >= 0.3 is 12.5 Å². The van der Waals surface area contributed by atoms with E-state index in [2.05, 4.69) is 9.72 Å². The van der Waals surface area contributed by atoms with Gasteiger partial charge in [-0.05, 0) is 0 Å². The number of hydrogen-bond donors (Lipinski definition) is 0. The van der Waals surface area contributed by atoms with E-state index in [9.17, 15) is 39.5 Å². The lowest BCUT2D eigenvalue weighted by Crippen LogP contribution is -2.21. The highest BCUT2D eigenvalue weighted by Crippen LogP contribution is 2.37. The van der Waals surface area contributed by atoms with E-state index in [0.29, 0.717) is 0 Å². The minimum atomic E-state index is -5.59. The number of pyridine rings is 1. The molecule has 11 heteroatoms. The third kappa shape index (κ3) is 3.89. The molecule has 0 unspecified atom stereocenters. The fourth-order valence-electron chi connectivity index (χ4n) is 1.03. The fourth-order valence-corrected chi connectivity index (χ4v) is 1.03. The minimum absolute atomic E-state index is 0.440. The molecule has 2 nitrogen and oxygen atoms in total. The lowest BCUT2D eigenvalue weighted by Gasteiger charge is -2.15. The molecule has 108 valence electrons. The smallest absolute Gasteiger partial charge is 0.387 e. The molecule has 0 spiro atoms. The van der Waals surface area contributed by atoms with Crippen molar-refractivity contribution in [1.82, 2.24) is 4.98 Å². The Kier molecular flexibility index (Phi) is 3.87. The number of halogens is 9. The van der Waals surface area contributed by atoms with Crippen molar-refractivity contribution >= 4 is 0 Å². The highest BCUT2D eigenvalue weighted by molar-refractivity contribution is 5.32. The molecular weight excluding hydrogens is 297 g/mol. The first kappa shape index (κ1) is 15.4. The zero-order chi connectivity index (χ0) is 15.0. The number of nitrogens with zero attached hydrogens (tertiary/aromatic N) is 1. The molecule has 19 heavy (non-hydrogen) atoms. The molecular formula is C8H2F9NO. The zero-order valence-electron chi connectivity index (χ0n) is 8.41. The summed E-state index contributed by atoms with van der Waals surface area (Å²) in [6.07, 6.45) is -14.7. The monoisotopic (exact) mass is 299 g/mol. The predicted octanol–water partition coefficient (Wildman–Crippen LogP) is 4.08. The topological polar surface area (TPSA) is 22.1 Å².